The highest BCUT2D eigenvalue weighted by molar-refractivity contribution is 6.17. The Morgan fingerprint density at radius 3 is 1.09 bits per heavy atom. The topological polar surface area (TPSA) is 208 Å². The Morgan fingerprint density at radius 2 is 0.571 bits per heavy atom. The van der Waals surface area contributed by atoms with Gasteiger partial charge in [0.1, 0.15) is 40.5 Å². The zero-order valence-electron chi connectivity index (χ0n) is 71.0. The summed E-state index contributed by atoms with van der Waals surface area (Å²) >= 11 is 0. The number of pyridine rings is 14. The normalized spacial score (nSPS) is 13.5. The lowest BCUT2D eigenvalue weighted by Gasteiger charge is -2.27. The molecule has 133 heavy (non-hydrogen) atoms. The molecule has 9 aromatic carbocycles. The summed E-state index contributed by atoms with van der Waals surface area (Å²) in [6.07, 6.45) is 25.2. The second-order valence-corrected chi connectivity index (χ2v) is 33.4. The minimum absolute atomic E-state index is 0.0581. The summed E-state index contributed by atoms with van der Waals surface area (Å²) in [5.74, 6) is 2.69. The standard InChI is InChI=1S/C41H26N6.C40H23N7.C34H21N5/c1-4-27-11-13-29-15-18-34(45-39(29)37(27)42-21-1)26-9-7-25(8-10-26)31-16-19-35-33(24-31)32-6-3-23-44-41(32)47(35)36-20-17-30-14-12-28-5-2-22-43-38(28)40(30)46-36;1-8-31(44-32(9-1)33-17-14-26-12-10-24-5-2-20-41-36(24)38(26)45-33)28-15-18-34-30(23-28)29-7-4-22-43-40(29)47(34)35-19-16-27-13-11-25-6-3-21-42-37(25)39(27)46-35;1-2-18-35-29(7-1)23-10-8-22(9-11-23)26-14-16-30-28(21-26)27-6-4-20-37-34(27)39(30)31-17-15-25-13-12-24-5-3-19-36-32(24)33(25)38-31/h1-24,30,40H;1-23H;1-21H. The maximum atomic E-state index is 5.27. The third kappa shape index (κ3) is 13.1. The molecule has 0 N–H and O–H groups in total. The van der Waals surface area contributed by atoms with Gasteiger partial charge in [-0.2, -0.15) is 0 Å². The Balaban J connectivity index is 0.000000105. The highest BCUT2D eigenvalue weighted by Gasteiger charge is 2.30. The number of hydrogen-bond acceptors (Lipinski definition) is 15. The summed E-state index contributed by atoms with van der Waals surface area (Å²) in [5, 5.41) is 15.2. The van der Waals surface area contributed by atoms with Crippen LogP contribution in [0, 0.1) is 5.92 Å². The predicted molar refractivity (Wildman–Crippen MR) is 536 cm³/mol. The molecule has 1 aliphatic carbocycles. The summed E-state index contributed by atoms with van der Waals surface area (Å²) in [5.41, 5.74) is 27.3. The van der Waals surface area contributed by atoms with Gasteiger partial charge in [0.05, 0.1) is 94.8 Å². The van der Waals surface area contributed by atoms with Gasteiger partial charge in [-0.3, -0.25) is 48.6 Å². The van der Waals surface area contributed by atoms with Crippen molar-refractivity contribution in [2.75, 3.05) is 0 Å². The number of nitrogens with zero attached hydrogens (tertiary/aromatic N) is 18. The van der Waals surface area contributed by atoms with Crippen LogP contribution in [-0.2, 0) is 0 Å². The highest BCUT2D eigenvalue weighted by Crippen LogP contribution is 2.43. The molecule has 620 valence electrons. The van der Waals surface area contributed by atoms with Crippen molar-refractivity contribution in [3.05, 3.63) is 419 Å². The van der Waals surface area contributed by atoms with Crippen molar-refractivity contribution in [3.8, 4) is 79.0 Å². The van der Waals surface area contributed by atoms with Crippen molar-refractivity contribution in [2.24, 2.45) is 10.9 Å². The van der Waals surface area contributed by atoms with Crippen LogP contribution in [0.1, 0.15) is 17.3 Å². The smallest absolute Gasteiger partial charge is 0.146 e. The van der Waals surface area contributed by atoms with Crippen molar-refractivity contribution in [2.45, 2.75) is 6.04 Å². The van der Waals surface area contributed by atoms with Gasteiger partial charge in [-0.25, -0.2) is 39.9 Å². The first-order valence-corrected chi connectivity index (χ1v) is 44.2. The predicted octanol–water partition coefficient (Wildman–Crippen LogP) is 26.3. The first-order valence-electron chi connectivity index (χ1n) is 44.2. The van der Waals surface area contributed by atoms with Crippen molar-refractivity contribution in [1.82, 2.24) is 83.5 Å². The van der Waals surface area contributed by atoms with Crippen molar-refractivity contribution in [3.63, 3.8) is 0 Å². The molecule has 0 amide bonds. The molecule has 26 aromatic rings. The van der Waals surface area contributed by atoms with Gasteiger partial charge in [0.2, 0.25) is 0 Å². The van der Waals surface area contributed by atoms with E-state index in [9.17, 15) is 0 Å². The Morgan fingerprint density at radius 1 is 0.211 bits per heavy atom. The van der Waals surface area contributed by atoms with E-state index in [1.165, 1.54) is 0 Å². The lowest BCUT2D eigenvalue weighted by atomic mass is 9.87. The number of fused-ring (bicyclic) bond motifs is 24. The first-order chi connectivity index (χ1) is 65.9. The van der Waals surface area contributed by atoms with Gasteiger partial charge >= 0.3 is 0 Å². The van der Waals surface area contributed by atoms with Crippen LogP contribution in [0.2, 0.25) is 0 Å². The monoisotopic (exact) mass is 1700 g/mol. The molecule has 0 bridgehead atoms. The van der Waals surface area contributed by atoms with Gasteiger partial charge < -0.3 is 0 Å². The van der Waals surface area contributed by atoms with Crippen LogP contribution in [0.3, 0.4) is 0 Å². The quantitative estimate of drug-likeness (QED) is 0.130. The van der Waals surface area contributed by atoms with E-state index in [0.29, 0.717) is 0 Å². The molecule has 0 fully saturated rings. The zero-order chi connectivity index (χ0) is 87.6. The molecule has 0 saturated carbocycles. The molecule has 18 heteroatoms. The number of hydrogen-bond donors (Lipinski definition) is 0. The number of aromatic nitrogens is 17. The third-order valence-corrected chi connectivity index (χ3v) is 25.7. The molecule has 1 aliphatic heterocycles. The number of allylic oxidation sites excluding steroid dienone is 1. The molecule has 0 spiro atoms. The van der Waals surface area contributed by atoms with Gasteiger partial charge in [0, 0.05) is 154 Å². The second-order valence-electron chi connectivity index (χ2n) is 33.4. The van der Waals surface area contributed by atoms with Crippen LogP contribution in [0.25, 0.3) is 238 Å². The van der Waals surface area contributed by atoms with E-state index in [1.807, 2.05) is 147 Å². The van der Waals surface area contributed by atoms with E-state index in [2.05, 4.69) is 306 Å². The van der Waals surface area contributed by atoms with Gasteiger partial charge in [0.15, 0.2) is 0 Å². The largest absolute Gasteiger partial charge is 0.278 e. The molecule has 2 unspecified atom stereocenters. The average molecular weight is 1700 g/mol. The van der Waals surface area contributed by atoms with E-state index in [-0.39, 0.29) is 12.0 Å². The molecular weight excluding hydrogens is 1630 g/mol. The van der Waals surface area contributed by atoms with E-state index < -0.39 is 0 Å². The molecule has 0 saturated heterocycles. The molecule has 17 aromatic heterocycles. The second kappa shape index (κ2) is 31.3. The lowest BCUT2D eigenvalue weighted by molar-refractivity contribution is 0.588. The Labute approximate surface area is 758 Å². The summed E-state index contributed by atoms with van der Waals surface area (Å²) < 4.78 is 6.48. The fourth-order valence-electron chi connectivity index (χ4n) is 19.3. The van der Waals surface area contributed by atoms with Crippen LogP contribution in [0.15, 0.2) is 413 Å². The maximum absolute atomic E-state index is 5.27. The Kier molecular flexibility index (Phi) is 17.9. The van der Waals surface area contributed by atoms with Crippen LogP contribution in [0.5, 0.6) is 0 Å². The fraction of sp³-hybridized carbons (Fsp3) is 0.0174. The van der Waals surface area contributed by atoms with Crippen molar-refractivity contribution >= 4 is 165 Å². The number of rotatable bonds is 8. The molecular formula is C115H70N18. The van der Waals surface area contributed by atoms with E-state index in [1.54, 1.807) is 0 Å². The average Bonchev–Trinajstić information content (AvgIpc) is 1.58. The minimum atomic E-state index is -0.0581. The van der Waals surface area contributed by atoms with Crippen LogP contribution < -0.4 is 0 Å². The molecule has 2 atom stereocenters. The van der Waals surface area contributed by atoms with Crippen molar-refractivity contribution in [1.29, 1.82) is 0 Å². The fourth-order valence-corrected chi connectivity index (χ4v) is 19.3. The minimum Gasteiger partial charge on any atom is -0.278 e. The van der Waals surface area contributed by atoms with Crippen molar-refractivity contribution < 1.29 is 0 Å². The number of benzene rings is 9. The SMILES string of the molecule is C1=CC2C=Cc3cccnc3C2N=C1n1c2ccc(-c3ccc(-c4ccc5ccc6cccnc6c5n4)cc3)cc2c2cccnc21.c1cc(-c2ccc3c(c2)c2cccnc2n3-c2ccc3ccc4cccnc4c3n2)nc(-c2ccc3ccc4cccnc4c3n2)c1.c1ccc(-c2ccc(-c3ccc4c(c3)c3cccnc3n4-c3ccc4ccc5cccnc5c4n3)cc2)nc1. The maximum Gasteiger partial charge on any atom is 0.146 e. The summed E-state index contributed by atoms with van der Waals surface area (Å²) in [6.45, 7) is 0. The van der Waals surface area contributed by atoms with Gasteiger partial charge in [0.25, 0.3) is 0 Å². The summed E-state index contributed by atoms with van der Waals surface area (Å²) in [7, 11) is 0. The lowest BCUT2D eigenvalue weighted by Crippen LogP contribution is -2.22. The van der Waals surface area contributed by atoms with Gasteiger partial charge in [-0.1, -0.05) is 188 Å². The molecule has 18 heterocycles. The molecule has 2 aliphatic rings. The molecule has 0 radical (unpaired) electrons. The summed E-state index contributed by atoms with van der Waals surface area (Å²) in [4.78, 5) is 72.9. The number of dihydropyridines is 1. The van der Waals surface area contributed by atoms with Gasteiger partial charge in [-0.05, 0) is 198 Å². The zero-order valence-corrected chi connectivity index (χ0v) is 71.0. The van der Waals surface area contributed by atoms with E-state index in [0.717, 1.165) is 249 Å². The van der Waals surface area contributed by atoms with E-state index >= 15 is 0 Å². The summed E-state index contributed by atoms with van der Waals surface area (Å²) in [6, 6.07) is 115. The molecule has 18 nitrogen and oxygen atoms in total. The van der Waals surface area contributed by atoms with Crippen LogP contribution >= 0.6 is 0 Å². The Bertz CT molecular complexity index is 9390. The van der Waals surface area contributed by atoms with Crippen LogP contribution in [-0.4, -0.2) is 89.3 Å². The highest BCUT2D eigenvalue weighted by atomic mass is 15.1. The first kappa shape index (κ1) is 76.0. The molecule has 28 rings (SSSR count). The van der Waals surface area contributed by atoms with Crippen LogP contribution in [0.4, 0.5) is 0 Å². The van der Waals surface area contributed by atoms with E-state index in [4.69, 9.17) is 49.8 Å². The van der Waals surface area contributed by atoms with Gasteiger partial charge in [-0.15, -0.1) is 0 Å². The third-order valence-electron chi connectivity index (χ3n) is 25.7. The Hall–Kier alpha value is -18.3. The number of aliphatic imine (C=N–C) groups is 1.